The van der Waals surface area contributed by atoms with Gasteiger partial charge in [-0.1, -0.05) is 6.08 Å². The van der Waals surface area contributed by atoms with Crippen molar-refractivity contribution in [2.75, 3.05) is 7.11 Å². The molecule has 0 spiro atoms. The van der Waals surface area contributed by atoms with Gasteiger partial charge in [-0.3, -0.25) is 4.52 Å². The van der Waals surface area contributed by atoms with Crippen LogP contribution in [-0.2, 0) is 25.4 Å². The molecule has 3 nitrogen and oxygen atoms in total. The van der Waals surface area contributed by atoms with Crippen molar-refractivity contribution in [3.8, 4) is 0 Å². The van der Waals surface area contributed by atoms with Crippen LogP contribution in [0, 0.1) is 0 Å². The first-order valence-electron chi connectivity index (χ1n) is 3.68. The van der Waals surface area contributed by atoms with Crippen LogP contribution in [0.25, 0.3) is 0 Å². The third-order valence-corrected chi connectivity index (χ3v) is 3.94. The van der Waals surface area contributed by atoms with Crippen molar-refractivity contribution in [3.63, 3.8) is 0 Å². The van der Waals surface area contributed by atoms with Crippen LogP contribution >= 0.6 is 6.72 Å². The zero-order valence-corrected chi connectivity index (χ0v) is 8.36. The molecule has 1 atom stereocenters. The van der Waals surface area contributed by atoms with Gasteiger partial charge in [-0.05, 0) is 12.5 Å². The SMILES string of the molecule is COP1(=S)OC2=C(CCC=C2)O1. The summed E-state index contributed by atoms with van der Waals surface area (Å²) in [5.74, 6) is 1.61. The first-order valence-corrected chi connectivity index (χ1v) is 6.24. The maximum atomic E-state index is 5.41. The van der Waals surface area contributed by atoms with Gasteiger partial charge in [0.2, 0.25) is 0 Å². The van der Waals surface area contributed by atoms with Gasteiger partial charge >= 0.3 is 6.72 Å². The Kier molecular flexibility index (Phi) is 1.99. The normalized spacial score (nSPS) is 32.8. The Morgan fingerprint density at radius 2 is 2.42 bits per heavy atom. The van der Waals surface area contributed by atoms with Gasteiger partial charge in [0, 0.05) is 25.3 Å². The fraction of sp³-hybridized carbons (Fsp3) is 0.429. The van der Waals surface area contributed by atoms with Crippen LogP contribution < -0.4 is 0 Å². The highest BCUT2D eigenvalue weighted by Crippen LogP contribution is 2.59. The van der Waals surface area contributed by atoms with Crippen LogP contribution in [0.3, 0.4) is 0 Å². The highest BCUT2D eigenvalue weighted by Gasteiger charge is 2.34. The zero-order chi connectivity index (χ0) is 8.60. The fourth-order valence-corrected chi connectivity index (χ4v) is 2.69. The smallest absolute Gasteiger partial charge is 0.416 e. The van der Waals surface area contributed by atoms with Gasteiger partial charge in [0.1, 0.15) is 5.76 Å². The Morgan fingerprint density at radius 3 is 3.08 bits per heavy atom. The molecule has 2 aliphatic rings. The summed E-state index contributed by atoms with van der Waals surface area (Å²) < 4.78 is 15.8. The second-order valence-electron chi connectivity index (χ2n) is 2.54. The first kappa shape index (κ1) is 8.30. The molecule has 0 aromatic rings. The molecule has 1 heterocycles. The molecule has 1 aliphatic carbocycles. The molecule has 0 saturated carbocycles. The number of hydrogen-bond acceptors (Lipinski definition) is 4. The number of allylic oxidation sites excluding steroid dienone is 3. The molecule has 0 aromatic heterocycles. The molecule has 1 unspecified atom stereocenters. The Balaban J connectivity index is 2.23. The summed E-state index contributed by atoms with van der Waals surface area (Å²) >= 11 is 5.05. The van der Waals surface area contributed by atoms with Crippen molar-refractivity contribution in [2.24, 2.45) is 0 Å². The van der Waals surface area contributed by atoms with E-state index in [9.17, 15) is 0 Å². The molecule has 0 saturated heterocycles. The lowest BCUT2D eigenvalue weighted by Crippen LogP contribution is -1.88. The largest absolute Gasteiger partial charge is 0.434 e. The van der Waals surface area contributed by atoms with Crippen molar-refractivity contribution in [3.05, 3.63) is 23.7 Å². The summed E-state index contributed by atoms with van der Waals surface area (Å²) in [5.41, 5.74) is 0. The topological polar surface area (TPSA) is 27.7 Å². The van der Waals surface area contributed by atoms with E-state index in [0.29, 0.717) is 0 Å². The van der Waals surface area contributed by atoms with Gasteiger partial charge in [-0.25, -0.2) is 0 Å². The van der Waals surface area contributed by atoms with E-state index in [0.717, 1.165) is 24.4 Å². The van der Waals surface area contributed by atoms with E-state index in [1.807, 2.05) is 12.2 Å². The minimum absolute atomic E-state index is 0.756. The molecule has 0 N–H and O–H groups in total. The lowest BCUT2D eigenvalue weighted by Gasteiger charge is -2.11. The molecular weight excluding hydrogens is 195 g/mol. The van der Waals surface area contributed by atoms with Crippen LogP contribution in [0.4, 0.5) is 0 Å². The summed E-state index contributed by atoms with van der Waals surface area (Å²) in [7, 11) is 1.52. The molecule has 0 amide bonds. The van der Waals surface area contributed by atoms with E-state index < -0.39 is 6.72 Å². The lowest BCUT2D eigenvalue weighted by atomic mass is 10.1. The summed E-state index contributed by atoms with van der Waals surface area (Å²) in [4.78, 5) is 0. The van der Waals surface area contributed by atoms with E-state index in [2.05, 4.69) is 0 Å². The Hall–Kier alpha value is -0.310. The molecule has 0 aromatic carbocycles. The molecule has 66 valence electrons. The summed E-state index contributed by atoms with van der Waals surface area (Å²) in [5, 5.41) is 0. The maximum absolute atomic E-state index is 5.41. The van der Waals surface area contributed by atoms with Crippen LogP contribution in [0.15, 0.2) is 23.7 Å². The summed E-state index contributed by atoms with van der Waals surface area (Å²) in [6, 6.07) is 0. The quantitative estimate of drug-likeness (QED) is 0.613. The van der Waals surface area contributed by atoms with Crippen molar-refractivity contribution >= 4 is 18.5 Å². The minimum atomic E-state index is -2.45. The number of rotatable bonds is 1. The molecule has 0 radical (unpaired) electrons. The van der Waals surface area contributed by atoms with Gasteiger partial charge in [-0.15, -0.1) is 0 Å². The Labute approximate surface area is 76.3 Å². The fourth-order valence-electron chi connectivity index (χ4n) is 1.14. The van der Waals surface area contributed by atoms with E-state index >= 15 is 0 Å². The third-order valence-electron chi connectivity index (χ3n) is 1.74. The van der Waals surface area contributed by atoms with E-state index in [4.69, 9.17) is 25.4 Å². The van der Waals surface area contributed by atoms with Crippen molar-refractivity contribution in [1.82, 2.24) is 0 Å². The van der Waals surface area contributed by atoms with Gasteiger partial charge in [0.25, 0.3) is 0 Å². The highest BCUT2D eigenvalue weighted by atomic mass is 32.5. The average molecular weight is 204 g/mol. The van der Waals surface area contributed by atoms with Crippen molar-refractivity contribution < 1.29 is 13.6 Å². The molecule has 0 fully saturated rings. The third kappa shape index (κ3) is 1.30. The standard InChI is InChI=1S/C7H9O3PS/c1-8-11(12)9-6-4-2-3-5-7(6)10-11/h2,4H,3,5H2,1H3. The lowest BCUT2D eigenvalue weighted by molar-refractivity contribution is 0.294. The molecule has 0 bridgehead atoms. The predicted octanol–water partition coefficient (Wildman–Crippen LogP) is 2.47. The highest BCUT2D eigenvalue weighted by molar-refractivity contribution is 8.07. The van der Waals surface area contributed by atoms with Gasteiger partial charge in [-0.2, -0.15) is 0 Å². The molecule has 2 rings (SSSR count). The summed E-state index contributed by atoms with van der Waals surface area (Å²) in [6.07, 6.45) is 5.80. The molecule has 12 heavy (non-hydrogen) atoms. The van der Waals surface area contributed by atoms with Gasteiger partial charge in [0.05, 0.1) is 0 Å². The Morgan fingerprint density at radius 1 is 1.58 bits per heavy atom. The monoisotopic (exact) mass is 204 g/mol. The zero-order valence-electron chi connectivity index (χ0n) is 6.65. The Bertz CT molecular complexity index is 308. The van der Waals surface area contributed by atoms with E-state index in [-0.39, 0.29) is 0 Å². The van der Waals surface area contributed by atoms with Crippen molar-refractivity contribution in [1.29, 1.82) is 0 Å². The van der Waals surface area contributed by atoms with Gasteiger partial charge in [0.15, 0.2) is 5.76 Å². The van der Waals surface area contributed by atoms with Crippen LogP contribution in [0.5, 0.6) is 0 Å². The van der Waals surface area contributed by atoms with E-state index in [1.165, 1.54) is 7.11 Å². The minimum Gasteiger partial charge on any atom is -0.416 e. The second kappa shape index (κ2) is 2.87. The predicted molar refractivity (Wildman–Crippen MR) is 48.9 cm³/mol. The second-order valence-corrected chi connectivity index (χ2v) is 5.51. The van der Waals surface area contributed by atoms with Gasteiger partial charge < -0.3 is 9.05 Å². The van der Waals surface area contributed by atoms with Crippen LogP contribution in [0.2, 0.25) is 0 Å². The molecule has 1 aliphatic heterocycles. The average Bonchev–Trinajstić information content (AvgIpc) is 2.42. The molecular formula is C7H9O3PS. The summed E-state index contributed by atoms with van der Waals surface area (Å²) in [6.45, 7) is -2.45. The van der Waals surface area contributed by atoms with E-state index in [1.54, 1.807) is 0 Å². The van der Waals surface area contributed by atoms with Crippen LogP contribution in [0.1, 0.15) is 12.8 Å². The van der Waals surface area contributed by atoms with Crippen LogP contribution in [-0.4, -0.2) is 7.11 Å². The number of hydrogen-bond donors (Lipinski definition) is 0. The molecule has 5 heteroatoms. The van der Waals surface area contributed by atoms with Crippen molar-refractivity contribution in [2.45, 2.75) is 12.8 Å². The maximum Gasteiger partial charge on any atom is 0.434 e. The first-order chi connectivity index (χ1) is 5.73.